The molecule has 0 aliphatic heterocycles. The summed E-state index contributed by atoms with van der Waals surface area (Å²) in [5.74, 6) is 1.04. The van der Waals surface area contributed by atoms with Gasteiger partial charge < -0.3 is 12.4 Å². The molecular weight excluding hydrogens is 180 g/mol. The van der Waals surface area contributed by atoms with Gasteiger partial charge >= 0.3 is 84.5 Å². The van der Waals surface area contributed by atoms with E-state index in [2.05, 4.69) is 35.6 Å². The Morgan fingerprint density at radius 1 is 1.00 bits per heavy atom. The van der Waals surface area contributed by atoms with Gasteiger partial charge in [0.15, 0.2) is 0 Å². The first-order valence-electron chi connectivity index (χ1n) is 5.14. The van der Waals surface area contributed by atoms with E-state index in [1.807, 2.05) is 0 Å². The Kier molecular flexibility index (Phi) is 15.6. The normalized spacial score (nSPS) is 10.1. The molecule has 0 atom stereocenters. The van der Waals surface area contributed by atoms with Crippen LogP contribution in [0.15, 0.2) is 0 Å². The monoisotopic (exact) mass is 200 g/mol. The van der Waals surface area contributed by atoms with E-state index < -0.39 is 0 Å². The van der Waals surface area contributed by atoms with Crippen molar-refractivity contribution in [2.75, 3.05) is 0 Å². The zero-order valence-corrected chi connectivity index (χ0v) is 10.8. The van der Waals surface area contributed by atoms with Crippen molar-refractivity contribution in [1.82, 2.24) is 0 Å². The van der Waals surface area contributed by atoms with Crippen LogP contribution in [0.25, 0.3) is 0 Å². The predicted molar refractivity (Wildman–Crippen MR) is 53.1 cm³/mol. The Labute approximate surface area is 96.7 Å². The van der Waals surface area contributed by atoms with Gasteiger partial charge in [0.25, 0.3) is 0 Å². The Morgan fingerprint density at radius 2 is 1.50 bits per heavy atom. The van der Waals surface area contributed by atoms with E-state index in [-0.39, 0.29) is 12.4 Å². The molecule has 0 N–H and O–H groups in total. The molecule has 0 unspecified atom stereocenters. The minimum Gasteiger partial charge on any atom is -1.00 e. The van der Waals surface area contributed by atoms with Crippen molar-refractivity contribution in [2.24, 2.45) is 5.92 Å². The van der Waals surface area contributed by atoms with Crippen molar-refractivity contribution in [3.8, 4) is 0 Å². The summed E-state index contributed by atoms with van der Waals surface area (Å²) in [5.41, 5.74) is 0. The summed E-state index contributed by atoms with van der Waals surface area (Å²) < 4.78 is 1.39. The first-order valence-corrected chi connectivity index (χ1v) is 6.14. The molecule has 0 saturated carbocycles. The zero-order chi connectivity index (χ0) is 8.53. The Morgan fingerprint density at radius 3 is 1.83 bits per heavy atom. The average Bonchev–Trinajstić information content (AvgIpc) is 2.01. The third kappa shape index (κ3) is 9.15. The maximum atomic E-state index is 2.30. The van der Waals surface area contributed by atoms with E-state index in [0.717, 1.165) is 5.92 Å². The molecule has 0 aliphatic rings. The standard InChI is InChI=1S/C10H21.ClH.Mg/c1-4-7-10(8-5-2)9-6-3;;/h10H,1,4-9H2,2-3H3;1H;/q;;+1/p-1. The molecule has 0 heterocycles. The SMILES string of the molecule is CCCC(CCC)CC[CH2][Mg+].[Cl-]. The van der Waals surface area contributed by atoms with Crippen LogP contribution < -0.4 is 12.4 Å². The third-order valence-corrected chi connectivity index (χ3v) is 2.76. The fraction of sp³-hybridized carbons (Fsp3) is 1.00. The van der Waals surface area contributed by atoms with E-state index in [9.17, 15) is 0 Å². The van der Waals surface area contributed by atoms with Crippen LogP contribution in [-0.4, -0.2) is 21.7 Å². The quantitative estimate of drug-likeness (QED) is 0.528. The molecule has 0 fully saturated rings. The number of hydrogen-bond donors (Lipinski definition) is 0. The molecule has 0 rings (SSSR count). The molecule has 0 aliphatic carbocycles. The Balaban J connectivity index is 0. The van der Waals surface area contributed by atoms with Crippen molar-refractivity contribution < 1.29 is 12.4 Å². The molecule has 0 aromatic heterocycles. The summed E-state index contributed by atoms with van der Waals surface area (Å²) in [4.78, 5) is 0. The van der Waals surface area contributed by atoms with E-state index >= 15 is 0 Å². The average molecular weight is 201 g/mol. The van der Waals surface area contributed by atoms with Crippen LogP contribution in [0.4, 0.5) is 0 Å². The fourth-order valence-corrected chi connectivity index (χ4v) is 1.97. The van der Waals surface area contributed by atoms with Gasteiger partial charge in [0, 0.05) is 0 Å². The van der Waals surface area contributed by atoms with Crippen LogP contribution in [0.2, 0.25) is 4.55 Å². The second-order valence-electron chi connectivity index (χ2n) is 3.44. The van der Waals surface area contributed by atoms with E-state index in [0.29, 0.717) is 0 Å². The van der Waals surface area contributed by atoms with Crippen molar-refractivity contribution in [3.05, 3.63) is 0 Å². The van der Waals surface area contributed by atoms with E-state index in [1.165, 1.54) is 43.1 Å². The molecule has 2 heteroatoms. The van der Waals surface area contributed by atoms with Gasteiger partial charge in [-0.1, -0.05) is 0 Å². The van der Waals surface area contributed by atoms with Crippen molar-refractivity contribution >= 4 is 21.7 Å². The molecule has 0 aromatic carbocycles. The summed E-state index contributed by atoms with van der Waals surface area (Å²) in [6.07, 6.45) is 8.58. The van der Waals surface area contributed by atoms with Gasteiger partial charge in [-0.05, 0) is 0 Å². The Hall–Kier alpha value is 1.06. The number of hydrogen-bond acceptors (Lipinski definition) is 0. The summed E-state index contributed by atoms with van der Waals surface area (Å²) in [6.45, 7) is 4.60. The summed E-state index contributed by atoms with van der Waals surface area (Å²) >= 11 is 2.11. The van der Waals surface area contributed by atoms with Crippen molar-refractivity contribution in [2.45, 2.75) is 56.9 Å². The van der Waals surface area contributed by atoms with Crippen LogP contribution >= 0.6 is 0 Å². The number of halogens is 1. The Bertz CT molecular complexity index is 70.2. The molecule has 70 valence electrons. The zero-order valence-electron chi connectivity index (χ0n) is 8.61. The van der Waals surface area contributed by atoms with Crippen LogP contribution in [0.1, 0.15) is 52.4 Å². The van der Waals surface area contributed by atoms with Gasteiger partial charge in [-0.15, -0.1) is 0 Å². The van der Waals surface area contributed by atoms with Gasteiger partial charge in [-0.25, -0.2) is 0 Å². The van der Waals surface area contributed by atoms with Crippen LogP contribution in [0.5, 0.6) is 0 Å². The second kappa shape index (κ2) is 12.1. The van der Waals surface area contributed by atoms with Crippen LogP contribution in [-0.2, 0) is 0 Å². The van der Waals surface area contributed by atoms with Crippen molar-refractivity contribution in [3.63, 3.8) is 0 Å². The van der Waals surface area contributed by atoms with Gasteiger partial charge in [0.2, 0.25) is 0 Å². The largest absolute Gasteiger partial charge is 1.00 e. The molecule has 0 nitrogen and oxygen atoms in total. The van der Waals surface area contributed by atoms with Crippen LogP contribution in [0, 0.1) is 5.92 Å². The fourth-order valence-electron chi connectivity index (χ4n) is 1.68. The van der Waals surface area contributed by atoms with E-state index in [4.69, 9.17) is 0 Å². The summed E-state index contributed by atoms with van der Waals surface area (Å²) in [7, 11) is 0. The molecular formula is C10H21ClMg. The first-order chi connectivity index (χ1) is 5.35. The second-order valence-corrected chi connectivity index (χ2v) is 4.15. The molecule has 0 radical (unpaired) electrons. The topological polar surface area (TPSA) is 0 Å². The minimum atomic E-state index is 0. The molecule has 0 spiro atoms. The maximum absolute atomic E-state index is 2.30. The molecule has 0 saturated heterocycles. The summed E-state index contributed by atoms with van der Waals surface area (Å²) in [5, 5.41) is 0. The van der Waals surface area contributed by atoms with Gasteiger partial charge in [-0.2, -0.15) is 0 Å². The molecule has 12 heavy (non-hydrogen) atoms. The first kappa shape index (κ1) is 15.5. The summed E-state index contributed by atoms with van der Waals surface area (Å²) in [6, 6.07) is 0. The van der Waals surface area contributed by atoms with Gasteiger partial charge in [-0.3, -0.25) is 0 Å². The predicted octanol–water partition coefficient (Wildman–Crippen LogP) is 0.574. The van der Waals surface area contributed by atoms with Crippen LogP contribution in [0.3, 0.4) is 0 Å². The van der Waals surface area contributed by atoms with Gasteiger partial charge in [0.1, 0.15) is 0 Å². The molecule has 0 bridgehead atoms. The van der Waals surface area contributed by atoms with Gasteiger partial charge in [0.05, 0.1) is 0 Å². The van der Waals surface area contributed by atoms with Crippen molar-refractivity contribution in [1.29, 1.82) is 0 Å². The smallest absolute Gasteiger partial charge is 1.00 e. The third-order valence-electron chi connectivity index (χ3n) is 2.26. The minimum absolute atomic E-state index is 0. The molecule has 0 aromatic rings. The number of rotatable bonds is 7. The van der Waals surface area contributed by atoms with E-state index in [1.54, 1.807) is 0 Å². The maximum Gasteiger partial charge on any atom is -1.00 e. The molecule has 0 amide bonds.